The van der Waals surface area contributed by atoms with Crippen LogP contribution in [0.3, 0.4) is 0 Å². The molecule has 0 atom stereocenters. The van der Waals surface area contributed by atoms with Gasteiger partial charge in [0, 0.05) is 11.6 Å². The zero-order valence-corrected chi connectivity index (χ0v) is 9.52. The molecule has 1 aromatic heterocycles. The second-order valence-corrected chi connectivity index (χ2v) is 4.75. The number of aromatic nitrogens is 1. The molecule has 0 N–H and O–H groups in total. The van der Waals surface area contributed by atoms with E-state index in [9.17, 15) is 0 Å². The highest BCUT2D eigenvalue weighted by Crippen LogP contribution is 2.35. The Balaban J connectivity index is 2.08. The number of hydrogen-bond donors (Lipinski definition) is 0. The van der Waals surface area contributed by atoms with Crippen LogP contribution in [-0.2, 0) is 0 Å². The molecule has 2 aromatic rings. The van der Waals surface area contributed by atoms with Gasteiger partial charge in [-0.3, -0.25) is 4.98 Å². The lowest BCUT2D eigenvalue weighted by Crippen LogP contribution is -2.05. The summed E-state index contributed by atoms with van der Waals surface area (Å²) in [5, 5.41) is 1.36. The topological polar surface area (TPSA) is 12.9 Å². The summed E-state index contributed by atoms with van der Waals surface area (Å²) in [5.74, 6) is 0.765. The van der Waals surface area contributed by atoms with Gasteiger partial charge in [0.25, 0.3) is 0 Å². The van der Waals surface area contributed by atoms with E-state index < -0.39 is 0 Å². The molecule has 1 nitrogen and oxygen atoms in total. The van der Waals surface area contributed by atoms with Crippen LogP contribution in [0.25, 0.3) is 10.9 Å². The van der Waals surface area contributed by atoms with Crippen molar-refractivity contribution in [1.82, 2.24) is 4.98 Å². The summed E-state index contributed by atoms with van der Waals surface area (Å²) in [7, 11) is 0. The van der Waals surface area contributed by atoms with Crippen LogP contribution in [0.2, 0.25) is 0 Å². The Kier molecular flexibility index (Phi) is 2.61. The third-order valence-corrected chi connectivity index (χ3v) is 3.72. The molecule has 1 saturated carbocycles. The van der Waals surface area contributed by atoms with E-state index in [0.717, 1.165) is 11.4 Å². The first-order valence-corrected chi connectivity index (χ1v) is 6.29. The van der Waals surface area contributed by atoms with Crippen molar-refractivity contribution in [1.29, 1.82) is 0 Å². The monoisotopic (exact) mass is 211 g/mol. The molecular weight excluding hydrogens is 194 g/mol. The Morgan fingerprint density at radius 1 is 0.938 bits per heavy atom. The highest BCUT2D eigenvalue weighted by Gasteiger charge is 2.17. The van der Waals surface area contributed by atoms with Gasteiger partial charge in [-0.15, -0.1) is 0 Å². The summed E-state index contributed by atoms with van der Waals surface area (Å²) in [6.45, 7) is 0. The molecule has 3 rings (SSSR count). The van der Waals surface area contributed by atoms with Crippen molar-refractivity contribution in [3.63, 3.8) is 0 Å². The first kappa shape index (κ1) is 9.83. The van der Waals surface area contributed by atoms with Crippen molar-refractivity contribution < 1.29 is 0 Å². The highest BCUT2D eigenvalue weighted by molar-refractivity contribution is 5.82. The van der Waals surface area contributed by atoms with Crippen molar-refractivity contribution in [2.24, 2.45) is 0 Å². The summed E-state index contributed by atoms with van der Waals surface area (Å²) in [6, 6.07) is 10.8. The third-order valence-electron chi connectivity index (χ3n) is 3.72. The van der Waals surface area contributed by atoms with Gasteiger partial charge in [-0.2, -0.15) is 0 Å². The number of hydrogen-bond acceptors (Lipinski definition) is 1. The van der Waals surface area contributed by atoms with Gasteiger partial charge in [-0.05, 0) is 36.5 Å². The molecule has 0 bridgehead atoms. The molecule has 82 valence electrons. The molecule has 1 heteroatoms. The average molecular weight is 211 g/mol. The summed E-state index contributed by atoms with van der Waals surface area (Å²) in [6.07, 6.45) is 8.79. The van der Waals surface area contributed by atoms with E-state index in [4.69, 9.17) is 0 Å². The van der Waals surface area contributed by atoms with Crippen LogP contribution in [0, 0.1) is 0 Å². The fourth-order valence-electron chi connectivity index (χ4n) is 2.90. The van der Waals surface area contributed by atoms with Crippen LogP contribution in [0.4, 0.5) is 0 Å². The van der Waals surface area contributed by atoms with Gasteiger partial charge >= 0.3 is 0 Å². The Morgan fingerprint density at radius 2 is 1.81 bits per heavy atom. The van der Waals surface area contributed by atoms with E-state index in [1.807, 2.05) is 6.20 Å². The van der Waals surface area contributed by atoms with Gasteiger partial charge in [-0.1, -0.05) is 37.5 Å². The zero-order valence-electron chi connectivity index (χ0n) is 9.52. The lowest BCUT2D eigenvalue weighted by molar-refractivity contribution is 0.445. The normalized spacial score (nSPS) is 17.8. The molecule has 1 fully saturated rings. The largest absolute Gasteiger partial charge is 0.256 e. The standard InChI is InChI=1S/C15H17N/c1-2-6-12(7-3-1)13-8-4-10-15-14(13)9-5-11-16-15/h4-5,8-12H,1-3,6-7H2. The van der Waals surface area contributed by atoms with Crippen molar-refractivity contribution in [2.75, 3.05) is 0 Å². The van der Waals surface area contributed by atoms with Gasteiger partial charge in [0.2, 0.25) is 0 Å². The maximum absolute atomic E-state index is 4.44. The van der Waals surface area contributed by atoms with Crippen LogP contribution >= 0.6 is 0 Å². The van der Waals surface area contributed by atoms with Crippen molar-refractivity contribution >= 4 is 10.9 Å². The lowest BCUT2D eigenvalue weighted by Gasteiger charge is -2.23. The molecule has 1 heterocycles. The fourth-order valence-corrected chi connectivity index (χ4v) is 2.90. The number of fused-ring (bicyclic) bond motifs is 1. The molecular formula is C15H17N. The van der Waals surface area contributed by atoms with Crippen LogP contribution in [-0.4, -0.2) is 4.98 Å². The summed E-state index contributed by atoms with van der Waals surface area (Å²) in [5.41, 5.74) is 2.66. The first-order chi connectivity index (χ1) is 7.95. The zero-order chi connectivity index (χ0) is 10.8. The Labute approximate surface area is 96.5 Å². The minimum Gasteiger partial charge on any atom is -0.256 e. The van der Waals surface area contributed by atoms with Gasteiger partial charge in [0.15, 0.2) is 0 Å². The van der Waals surface area contributed by atoms with E-state index in [1.54, 1.807) is 0 Å². The SMILES string of the molecule is c1cc(C2CCCCC2)c2cccnc2c1. The molecule has 0 saturated heterocycles. The van der Waals surface area contributed by atoms with Crippen molar-refractivity contribution in [3.8, 4) is 0 Å². The molecule has 0 spiro atoms. The van der Waals surface area contributed by atoms with E-state index >= 15 is 0 Å². The van der Waals surface area contributed by atoms with E-state index in [1.165, 1.54) is 43.1 Å². The molecule has 0 radical (unpaired) electrons. The van der Waals surface area contributed by atoms with E-state index in [2.05, 4.69) is 35.3 Å². The van der Waals surface area contributed by atoms with E-state index in [-0.39, 0.29) is 0 Å². The minimum absolute atomic E-state index is 0.765. The summed E-state index contributed by atoms with van der Waals surface area (Å²) < 4.78 is 0. The van der Waals surface area contributed by atoms with Gasteiger partial charge < -0.3 is 0 Å². The molecule has 1 aliphatic carbocycles. The molecule has 0 aliphatic heterocycles. The highest BCUT2D eigenvalue weighted by atomic mass is 14.6. The predicted molar refractivity (Wildman–Crippen MR) is 67.6 cm³/mol. The number of pyridine rings is 1. The number of rotatable bonds is 1. The maximum Gasteiger partial charge on any atom is 0.0704 e. The van der Waals surface area contributed by atoms with E-state index in [0.29, 0.717) is 0 Å². The third kappa shape index (κ3) is 1.71. The predicted octanol–water partition coefficient (Wildman–Crippen LogP) is 4.28. The summed E-state index contributed by atoms with van der Waals surface area (Å²) in [4.78, 5) is 4.44. The van der Waals surface area contributed by atoms with Gasteiger partial charge in [0.05, 0.1) is 5.52 Å². The summed E-state index contributed by atoms with van der Waals surface area (Å²) >= 11 is 0. The Bertz CT molecular complexity index is 478. The Morgan fingerprint density at radius 3 is 2.69 bits per heavy atom. The molecule has 1 aromatic carbocycles. The molecule has 0 unspecified atom stereocenters. The van der Waals surface area contributed by atoms with Crippen LogP contribution < -0.4 is 0 Å². The van der Waals surface area contributed by atoms with Crippen LogP contribution in [0.5, 0.6) is 0 Å². The lowest BCUT2D eigenvalue weighted by atomic mass is 9.82. The second kappa shape index (κ2) is 4.25. The Hall–Kier alpha value is -1.37. The van der Waals surface area contributed by atoms with Gasteiger partial charge in [0.1, 0.15) is 0 Å². The second-order valence-electron chi connectivity index (χ2n) is 4.75. The quantitative estimate of drug-likeness (QED) is 0.686. The van der Waals surface area contributed by atoms with Crippen LogP contribution in [0.1, 0.15) is 43.6 Å². The number of benzene rings is 1. The fraction of sp³-hybridized carbons (Fsp3) is 0.400. The molecule has 0 amide bonds. The number of nitrogens with zero attached hydrogens (tertiary/aromatic N) is 1. The average Bonchev–Trinajstić information content (AvgIpc) is 2.39. The first-order valence-electron chi connectivity index (χ1n) is 6.29. The minimum atomic E-state index is 0.765. The van der Waals surface area contributed by atoms with Crippen LogP contribution in [0.15, 0.2) is 36.5 Å². The maximum atomic E-state index is 4.44. The molecule has 16 heavy (non-hydrogen) atoms. The smallest absolute Gasteiger partial charge is 0.0704 e. The van der Waals surface area contributed by atoms with Crippen molar-refractivity contribution in [3.05, 3.63) is 42.1 Å². The molecule has 1 aliphatic rings. The van der Waals surface area contributed by atoms with Crippen molar-refractivity contribution in [2.45, 2.75) is 38.0 Å². The van der Waals surface area contributed by atoms with Gasteiger partial charge in [-0.25, -0.2) is 0 Å².